The van der Waals surface area contributed by atoms with Gasteiger partial charge in [0, 0.05) is 6.20 Å². The number of aromatic nitrogens is 1. The average molecular weight is 294 g/mol. The van der Waals surface area contributed by atoms with Crippen LogP contribution in [-0.4, -0.2) is 17.6 Å². The minimum absolute atomic E-state index is 0.240. The first-order valence-electron chi connectivity index (χ1n) is 5.19. The monoisotopic (exact) mass is 294 g/mol. The number of halogens is 5. The summed E-state index contributed by atoms with van der Waals surface area (Å²) in [5.41, 5.74) is -5.36. The highest BCUT2D eigenvalue weighted by molar-refractivity contribution is 5.94. The van der Waals surface area contributed by atoms with Crippen LogP contribution >= 0.6 is 0 Å². The second-order valence-corrected chi connectivity index (χ2v) is 3.44. The zero-order valence-electron chi connectivity index (χ0n) is 9.96. The highest BCUT2D eigenvalue weighted by Crippen LogP contribution is 2.37. The summed E-state index contributed by atoms with van der Waals surface area (Å²) in [5, 5.41) is 8.71. The minimum Gasteiger partial charge on any atom is -0.462 e. The molecule has 1 rings (SSSR count). The molecule has 0 fully saturated rings. The molecule has 0 spiro atoms. The molecular formula is C11H7F5N2O2. The maximum atomic E-state index is 12.9. The van der Waals surface area contributed by atoms with Crippen molar-refractivity contribution >= 4 is 5.97 Å². The molecule has 1 aromatic heterocycles. The molecule has 0 unspecified atom stereocenters. The quantitative estimate of drug-likeness (QED) is 0.635. The maximum absolute atomic E-state index is 12.9. The molecule has 0 aliphatic carbocycles. The third-order valence-electron chi connectivity index (χ3n) is 2.20. The zero-order valence-corrected chi connectivity index (χ0v) is 9.96. The van der Waals surface area contributed by atoms with Crippen LogP contribution in [0.3, 0.4) is 0 Å². The Morgan fingerprint density at radius 1 is 1.50 bits per heavy atom. The number of hydrogen-bond acceptors (Lipinski definition) is 4. The van der Waals surface area contributed by atoms with Crippen molar-refractivity contribution in [2.24, 2.45) is 0 Å². The highest BCUT2D eigenvalue weighted by Gasteiger charge is 2.41. The van der Waals surface area contributed by atoms with Gasteiger partial charge in [-0.1, -0.05) is 0 Å². The Morgan fingerprint density at radius 2 is 2.10 bits per heavy atom. The summed E-state index contributed by atoms with van der Waals surface area (Å²) in [6.45, 7) is 1.11. The Morgan fingerprint density at radius 3 is 2.50 bits per heavy atom. The van der Waals surface area contributed by atoms with Crippen LogP contribution in [0.25, 0.3) is 0 Å². The predicted octanol–water partition coefficient (Wildman–Crippen LogP) is 3.09. The molecule has 0 aliphatic rings. The van der Waals surface area contributed by atoms with Gasteiger partial charge < -0.3 is 4.74 Å². The van der Waals surface area contributed by atoms with Gasteiger partial charge in [-0.25, -0.2) is 18.6 Å². The molecule has 0 amide bonds. The van der Waals surface area contributed by atoms with Gasteiger partial charge in [0.05, 0.1) is 23.3 Å². The molecule has 0 saturated heterocycles. The van der Waals surface area contributed by atoms with Crippen molar-refractivity contribution in [3.63, 3.8) is 0 Å². The van der Waals surface area contributed by atoms with Crippen LogP contribution in [0.4, 0.5) is 22.0 Å². The summed E-state index contributed by atoms with van der Waals surface area (Å²) in [7, 11) is 0. The van der Waals surface area contributed by atoms with Gasteiger partial charge in [-0.3, -0.25) is 0 Å². The molecule has 0 N–H and O–H groups in total. The largest absolute Gasteiger partial charge is 0.462 e. The third-order valence-corrected chi connectivity index (χ3v) is 2.20. The Hall–Kier alpha value is -2.24. The Labute approximate surface area is 109 Å². The maximum Gasteiger partial charge on any atom is 0.433 e. The summed E-state index contributed by atoms with van der Waals surface area (Å²) >= 11 is 0. The van der Waals surface area contributed by atoms with Gasteiger partial charge in [0.2, 0.25) is 0 Å². The summed E-state index contributed by atoms with van der Waals surface area (Å²) in [4.78, 5) is 14.3. The predicted molar refractivity (Wildman–Crippen MR) is 54.9 cm³/mol. The van der Waals surface area contributed by atoms with E-state index in [1.54, 1.807) is 0 Å². The zero-order chi connectivity index (χ0) is 15.5. The summed E-state index contributed by atoms with van der Waals surface area (Å²) < 4.78 is 68.1. The van der Waals surface area contributed by atoms with E-state index in [9.17, 15) is 26.7 Å². The molecule has 20 heavy (non-hydrogen) atoms. The number of rotatable bonds is 3. The standard InChI is InChI=1S/C11H7F5N2O2/c1-2-20-10(19)6-5(3-17)4-18-8(11(14,15)16)7(6)9(12)13/h4,9H,2H2,1H3. The van der Waals surface area contributed by atoms with Crippen LogP contribution in [-0.2, 0) is 10.9 Å². The fourth-order valence-corrected chi connectivity index (χ4v) is 1.47. The number of hydrogen-bond donors (Lipinski definition) is 0. The third kappa shape index (κ3) is 3.01. The fraction of sp³-hybridized carbons (Fsp3) is 0.364. The van der Waals surface area contributed by atoms with Crippen LogP contribution in [0.1, 0.15) is 40.5 Å². The number of esters is 1. The summed E-state index contributed by atoms with van der Waals surface area (Å²) in [5.74, 6) is -1.42. The lowest BCUT2D eigenvalue weighted by Crippen LogP contribution is -2.19. The van der Waals surface area contributed by atoms with Crippen molar-refractivity contribution in [2.45, 2.75) is 19.5 Å². The summed E-state index contributed by atoms with van der Waals surface area (Å²) in [6, 6.07) is 1.34. The number of pyridine rings is 1. The number of alkyl halides is 5. The fourth-order valence-electron chi connectivity index (χ4n) is 1.47. The molecule has 0 bridgehead atoms. The Kier molecular flexibility index (Phi) is 4.60. The molecule has 4 nitrogen and oxygen atoms in total. The van der Waals surface area contributed by atoms with Crippen LogP contribution in [0.2, 0.25) is 0 Å². The molecule has 9 heteroatoms. The first kappa shape index (κ1) is 15.8. The topological polar surface area (TPSA) is 63.0 Å². The van der Waals surface area contributed by atoms with E-state index in [-0.39, 0.29) is 6.61 Å². The molecule has 0 aliphatic heterocycles. The van der Waals surface area contributed by atoms with Gasteiger partial charge in [0.1, 0.15) is 6.07 Å². The first-order valence-corrected chi connectivity index (χ1v) is 5.19. The van der Waals surface area contributed by atoms with Gasteiger partial charge in [0.25, 0.3) is 6.43 Å². The lowest BCUT2D eigenvalue weighted by molar-refractivity contribution is -0.143. The molecule has 0 saturated carbocycles. The molecule has 1 aromatic rings. The average Bonchev–Trinajstić information content (AvgIpc) is 2.35. The Bertz CT molecular complexity index is 563. The van der Waals surface area contributed by atoms with Crippen molar-refractivity contribution < 1.29 is 31.5 Å². The van der Waals surface area contributed by atoms with E-state index in [1.807, 2.05) is 0 Å². The lowest BCUT2D eigenvalue weighted by atomic mass is 10.0. The molecule has 0 atom stereocenters. The molecule has 0 aromatic carbocycles. The van der Waals surface area contributed by atoms with Crippen LogP contribution in [0.5, 0.6) is 0 Å². The van der Waals surface area contributed by atoms with Crippen LogP contribution in [0.15, 0.2) is 6.20 Å². The second kappa shape index (κ2) is 5.81. The lowest BCUT2D eigenvalue weighted by Gasteiger charge is -2.15. The van der Waals surface area contributed by atoms with E-state index in [2.05, 4.69) is 9.72 Å². The van der Waals surface area contributed by atoms with Gasteiger partial charge in [-0.15, -0.1) is 0 Å². The molecule has 0 radical (unpaired) electrons. The molecular weight excluding hydrogens is 287 g/mol. The normalized spacial score (nSPS) is 11.3. The number of carbonyl (C=O) groups is 1. The number of nitrogens with zero attached hydrogens (tertiary/aromatic N) is 2. The van der Waals surface area contributed by atoms with E-state index >= 15 is 0 Å². The van der Waals surface area contributed by atoms with Gasteiger partial charge in [-0.2, -0.15) is 18.4 Å². The number of nitriles is 1. The van der Waals surface area contributed by atoms with Crippen LogP contribution in [0, 0.1) is 11.3 Å². The van der Waals surface area contributed by atoms with Gasteiger partial charge in [0.15, 0.2) is 5.69 Å². The van der Waals surface area contributed by atoms with E-state index in [1.165, 1.54) is 13.0 Å². The van der Waals surface area contributed by atoms with E-state index in [0.717, 1.165) is 0 Å². The molecule has 108 valence electrons. The van der Waals surface area contributed by atoms with Crippen molar-refractivity contribution in [1.29, 1.82) is 5.26 Å². The number of ether oxygens (including phenoxy) is 1. The smallest absolute Gasteiger partial charge is 0.433 e. The SMILES string of the molecule is CCOC(=O)c1c(C#N)cnc(C(F)(F)F)c1C(F)F. The Balaban J connectivity index is 3.68. The van der Waals surface area contributed by atoms with E-state index in [0.29, 0.717) is 6.20 Å². The minimum atomic E-state index is -5.18. The van der Waals surface area contributed by atoms with E-state index < -0.39 is 41.0 Å². The van der Waals surface area contributed by atoms with Crippen LogP contribution < -0.4 is 0 Å². The van der Waals surface area contributed by atoms with Crippen molar-refractivity contribution in [3.8, 4) is 6.07 Å². The second-order valence-electron chi connectivity index (χ2n) is 3.44. The van der Waals surface area contributed by atoms with Crippen molar-refractivity contribution in [1.82, 2.24) is 4.98 Å². The van der Waals surface area contributed by atoms with Crippen molar-refractivity contribution in [3.05, 3.63) is 28.6 Å². The summed E-state index contributed by atoms with van der Waals surface area (Å²) in [6.07, 6.45) is -8.39. The highest BCUT2D eigenvalue weighted by atomic mass is 19.4. The van der Waals surface area contributed by atoms with Crippen molar-refractivity contribution in [2.75, 3.05) is 6.61 Å². The van der Waals surface area contributed by atoms with Gasteiger partial charge in [-0.05, 0) is 6.92 Å². The molecule has 1 heterocycles. The number of carbonyl (C=O) groups excluding carboxylic acids is 1. The van der Waals surface area contributed by atoms with Gasteiger partial charge >= 0.3 is 12.1 Å². The van der Waals surface area contributed by atoms with E-state index in [4.69, 9.17) is 5.26 Å². The first-order chi connectivity index (χ1) is 9.23.